The highest BCUT2D eigenvalue weighted by atomic mass is 32.2. The lowest BCUT2D eigenvalue weighted by atomic mass is 9.96. The van der Waals surface area contributed by atoms with Crippen LogP contribution in [0.15, 0.2) is 24.3 Å². The van der Waals surface area contributed by atoms with E-state index in [0.717, 1.165) is 4.90 Å². The summed E-state index contributed by atoms with van der Waals surface area (Å²) >= 11 is 0. The topological polar surface area (TPSA) is 411 Å². The third-order valence-electron chi connectivity index (χ3n) is 11.3. The Labute approximate surface area is 393 Å². The second-order valence-corrected chi connectivity index (χ2v) is 19.9. The predicted molar refractivity (Wildman–Crippen MR) is 241 cm³/mol. The number of benzene rings is 1. The summed E-state index contributed by atoms with van der Waals surface area (Å²) < 4.78 is 27.2. The van der Waals surface area contributed by atoms with E-state index in [-0.39, 0.29) is 12.2 Å². The summed E-state index contributed by atoms with van der Waals surface area (Å²) in [5.74, 6) is -11.7. The van der Waals surface area contributed by atoms with E-state index in [1.165, 1.54) is 38.1 Å². The van der Waals surface area contributed by atoms with Crippen molar-refractivity contribution in [3.63, 3.8) is 0 Å². The van der Waals surface area contributed by atoms with Gasteiger partial charge in [0.2, 0.25) is 59.1 Å². The number of aliphatic hydroxyl groups excluding tert-OH is 1. The first-order valence-electron chi connectivity index (χ1n) is 22.1. The third-order valence-corrected chi connectivity index (χ3v) is 13.0. The van der Waals surface area contributed by atoms with Crippen molar-refractivity contribution in [3.8, 4) is 5.75 Å². The second kappa shape index (κ2) is 25.1. The molecule has 3 rings (SSSR count). The molecule has 26 heteroatoms. The Balaban J connectivity index is 2.08. The van der Waals surface area contributed by atoms with Crippen LogP contribution in [0, 0.1) is 5.92 Å². The van der Waals surface area contributed by atoms with Crippen molar-refractivity contribution in [3.05, 3.63) is 29.8 Å². The highest BCUT2D eigenvalue weighted by molar-refractivity contribution is 7.91. The molecule has 7 atom stereocenters. The maximum absolute atomic E-state index is 14.4. The lowest BCUT2D eigenvalue weighted by Gasteiger charge is -2.31. The summed E-state index contributed by atoms with van der Waals surface area (Å²) in [6.45, 7) is 4.77. The summed E-state index contributed by atoms with van der Waals surface area (Å²) in [5, 5.41) is 38.2. The number of carbonyl (C=O) groups is 10. The molecular weight excluding hydrogens is 915 g/mol. The Morgan fingerprint density at radius 1 is 0.809 bits per heavy atom. The highest BCUT2D eigenvalue weighted by Crippen LogP contribution is 2.28. The molecule has 378 valence electrons. The lowest BCUT2D eigenvalue weighted by Crippen LogP contribution is -2.61. The van der Waals surface area contributed by atoms with Crippen LogP contribution in [-0.2, 0) is 64.2 Å². The number of carbonyl (C=O) groups excluding carboxylic acids is 10. The molecule has 1 unspecified atom stereocenters. The maximum Gasteiger partial charge on any atom is 0.245 e. The maximum atomic E-state index is 14.4. The molecule has 0 spiro atoms. The highest BCUT2D eigenvalue weighted by Gasteiger charge is 2.41. The zero-order valence-corrected chi connectivity index (χ0v) is 39.3. The van der Waals surface area contributed by atoms with Crippen molar-refractivity contribution in [1.82, 2.24) is 42.1 Å². The van der Waals surface area contributed by atoms with Gasteiger partial charge in [-0.25, -0.2) is 8.42 Å². The molecule has 1 saturated heterocycles. The van der Waals surface area contributed by atoms with E-state index in [1.807, 2.05) is 0 Å². The Morgan fingerprint density at radius 2 is 1.40 bits per heavy atom. The minimum Gasteiger partial charge on any atom is -0.508 e. The summed E-state index contributed by atoms with van der Waals surface area (Å²) in [7, 11) is -4.22. The number of aliphatic hydroxyl groups is 1. The first kappa shape index (κ1) is 55.9. The van der Waals surface area contributed by atoms with Crippen molar-refractivity contribution in [2.24, 2.45) is 23.1 Å². The summed E-state index contributed by atoms with van der Waals surface area (Å²) in [4.78, 5) is 133. The van der Waals surface area contributed by atoms with Gasteiger partial charge in [0.25, 0.3) is 0 Å². The first-order valence-corrected chi connectivity index (χ1v) is 23.9. The fourth-order valence-corrected chi connectivity index (χ4v) is 8.43. The van der Waals surface area contributed by atoms with E-state index < -0.39 is 180 Å². The Morgan fingerprint density at radius 3 is 1.97 bits per heavy atom. The fraction of sp³-hybridized carbons (Fsp3) is 0.619. The van der Waals surface area contributed by atoms with Crippen molar-refractivity contribution in [2.45, 2.75) is 134 Å². The number of phenols is 1. The van der Waals surface area contributed by atoms with E-state index in [4.69, 9.17) is 17.2 Å². The lowest BCUT2D eigenvalue weighted by molar-refractivity contribution is -0.142. The molecule has 0 bridgehead atoms. The van der Waals surface area contributed by atoms with Crippen molar-refractivity contribution in [1.29, 1.82) is 0 Å². The van der Waals surface area contributed by atoms with Crippen molar-refractivity contribution in [2.75, 3.05) is 24.6 Å². The third kappa shape index (κ3) is 18.3. The number of nitrogens with one attached hydrogen (secondary N) is 7. The normalized spacial score (nSPS) is 23.8. The summed E-state index contributed by atoms with van der Waals surface area (Å²) in [6.07, 6.45) is -3.59. The van der Waals surface area contributed by atoms with E-state index in [1.54, 1.807) is 13.8 Å². The van der Waals surface area contributed by atoms with Crippen molar-refractivity contribution < 1.29 is 66.6 Å². The second-order valence-electron chi connectivity index (χ2n) is 17.6. The molecule has 25 nitrogen and oxygen atoms in total. The van der Waals surface area contributed by atoms with Gasteiger partial charge >= 0.3 is 0 Å². The van der Waals surface area contributed by atoms with Crippen LogP contribution in [0.1, 0.15) is 84.6 Å². The van der Waals surface area contributed by atoms with Gasteiger partial charge in [0, 0.05) is 18.9 Å². The van der Waals surface area contributed by atoms with Gasteiger partial charge in [-0.05, 0) is 69.6 Å². The number of nitrogens with zero attached hydrogens (tertiary/aromatic N) is 1. The molecule has 1 aliphatic carbocycles. The number of sulfone groups is 1. The van der Waals surface area contributed by atoms with Gasteiger partial charge in [0.05, 0.1) is 37.1 Å². The number of phenolic OH excluding ortho intramolecular Hbond substituents is 1. The molecule has 68 heavy (non-hydrogen) atoms. The standard InChI is InChI=1S/C42H65N11O14S/c1-5-22(2)35-39(63)48-26(12-13-30(43)55)36(60)50-29(19-31(44)56)37(61)49-27(40(64)53(24-8-9-24)21-34(59)52-42(3,4)41(65)46-20-32(45)57)14-16-68(66,67)17-15-33(58)47-28(38(62)51-35)18-23-6-10-25(54)11-7-23/h6-7,10-11,22,24,26-29,33,35,47,54,58H,5,8-9,12-21H2,1-4H3,(H2,43,55)(H2,44,56)(H2,45,57)(H,46,65)(H,48,63)(H,49,61)(H,50,60)(H,51,62)(H,52,59)/t22-,26-,27-,28-,29-,33?,35-/m0/s1. The van der Waals surface area contributed by atoms with E-state index in [0.29, 0.717) is 24.8 Å². The Kier molecular flexibility index (Phi) is 20.6. The average molecular weight is 980 g/mol. The zero-order valence-electron chi connectivity index (χ0n) is 38.5. The molecule has 0 aromatic heterocycles. The summed E-state index contributed by atoms with van der Waals surface area (Å²) in [6, 6.07) is -2.76. The van der Waals surface area contributed by atoms with Gasteiger partial charge < -0.3 is 64.2 Å². The molecule has 1 aromatic rings. The molecule has 1 aliphatic heterocycles. The van der Waals surface area contributed by atoms with Crippen LogP contribution < -0.4 is 54.4 Å². The molecule has 2 aliphatic rings. The molecule has 1 aromatic carbocycles. The van der Waals surface area contributed by atoms with E-state index >= 15 is 0 Å². The molecule has 1 heterocycles. The number of amides is 10. The number of hydrogen-bond donors (Lipinski definition) is 12. The van der Waals surface area contributed by atoms with Crippen LogP contribution in [0.25, 0.3) is 0 Å². The summed E-state index contributed by atoms with van der Waals surface area (Å²) in [5.41, 5.74) is 14.8. The molecular formula is C42H65N11O14S. The number of rotatable bonds is 17. The monoisotopic (exact) mass is 979 g/mol. The van der Waals surface area contributed by atoms with E-state index in [2.05, 4.69) is 37.2 Å². The van der Waals surface area contributed by atoms with Gasteiger partial charge in [0.15, 0.2) is 9.84 Å². The number of hydrogen-bond acceptors (Lipinski definition) is 15. The molecule has 10 amide bonds. The van der Waals surface area contributed by atoms with Crippen LogP contribution in [0.4, 0.5) is 0 Å². The van der Waals surface area contributed by atoms with Crippen LogP contribution in [0.5, 0.6) is 5.75 Å². The minimum atomic E-state index is -4.22. The average Bonchev–Trinajstić information content (AvgIpc) is 4.10. The number of nitrogens with two attached hydrogens (primary N) is 3. The SMILES string of the molecule is CC[C@H](C)[C@@H]1NC(=O)[C@H](Cc2ccc(O)cc2)NC(O)CCS(=O)(=O)CC[C@@H](C(=O)N(CC(=O)NC(C)(C)C(=O)NCC(N)=O)C2CC2)NC(=O)[C@H](CC(N)=O)NC(=O)[C@H](CCC(N)=O)NC1=O. The van der Waals surface area contributed by atoms with Gasteiger partial charge in [-0.2, -0.15) is 0 Å². The van der Waals surface area contributed by atoms with E-state index in [9.17, 15) is 66.6 Å². The minimum absolute atomic E-state index is 0.0732. The van der Waals surface area contributed by atoms with Crippen LogP contribution in [0.2, 0.25) is 0 Å². The van der Waals surface area contributed by atoms with Crippen LogP contribution in [-0.4, -0.2) is 155 Å². The zero-order chi connectivity index (χ0) is 51.1. The van der Waals surface area contributed by atoms with Crippen LogP contribution in [0.3, 0.4) is 0 Å². The number of aromatic hydroxyl groups is 1. The molecule has 2 fully saturated rings. The smallest absolute Gasteiger partial charge is 0.245 e. The Bertz CT molecular complexity index is 2150. The van der Waals surface area contributed by atoms with Gasteiger partial charge in [-0.1, -0.05) is 32.4 Å². The van der Waals surface area contributed by atoms with Gasteiger partial charge in [-0.3, -0.25) is 53.3 Å². The first-order chi connectivity index (χ1) is 31.7. The van der Waals surface area contributed by atoms with Gasteiger partial charge in [0.1, 0.15) is 41.7 Å². The fourth-order valence-electron chi connectivity index (χ4n) is 7.05. The van der Waals surface area contributed by atoms with Crippen molar-refractivity contribution >= 4 is 68.9 Å². The van der Waals surface area contributed by atoms with Gasteiger partial charge in [-0.15, -0.1) is 0 Å². The number of primary amides is 3. The molecule has 15 N–H and O–H groups in total. The largest absolute Gasteiger partial charge is 0.508 e. The molecule has 1 saturated carbocycles. The molecule has 0 radical (unpaired) electrons. The Hall–Kier alpha value is -6.41. The van der Waals surface area contributed by atoms with Crippen LogP contribution >= 0.6 is 0 Å². The quantitative estimate of drug-likeness (QED) is 0.0696. The predicted octanol–water partition coefficient (Wildman–Crippen LogP) is -4.97.